The molecule has 8 nitrogen and oxygen atoms in total. The highest BCUT2D eigenvalue weighted by molar-refractivity contribution is 5.99. The molecule has 0 unspecified atom stereocenters. The molecule has 0 bridgehead atoms. The molecule has 0 radical (unpaired) electrons. The van der Waals surface area contributed by atoms with E-state index in [1.54, 1.807) is 66.7 Å². The van der Waals surface area contributed by atoms with Crippen molar-refractivity contribution in [3.8, 4) is 17.6 Å². The molecule has 2 N–H and O–H groups in total. The third-order valence-corrected chi connectivity index (χ3v) is 14.1. The van der Waals surface area contributed by atoms with E-state index in [2.05, 4.69) is 9.47 Å². The number of carbonyl (C=O) groups excluding carboxylic acids is 4. The number of hydrogen-bond donors (Lipinski definition) is 1. The minimum absolute atomic E-state index is 0.00637. The van der Waals surface area contributed by atoms with Crippen LogP contribution in [0, 0.1) is 34.6 Å². The predicted molar refractivity (Wildman–Crippen MR) is 297 cm³/mol. The van der Waals surface area contributed by atoms with Gasteiger partial charge in [-0.15, -0.1) is 0 Å². The number of nitriles is 1. The lowest BCUT2D eigenvalue weighted by atomic mass is 9.66. The second-order valence-corrected chi connectivity index (χ2v) is 20.4. The average molecular weight is 1320 g/mol. The Morgan fingerprint density at radius 3 is 1.08 bits per heavy atom. The van der Waals surface area contributed by atoms with Crippen molar-refractivity contribution in [1.82, 2.24) is 0 Å². The van der Waals surface area contributed by atoms with Crippen LogP contribution in [0.5, 0.6) is 11.5 Å². The number of alkyl halides is 14. The second kappa shape index (κ2) is 29.5. The average Bonchev–Trinajstić information content (AvgIpc) is 0.771. The molecule has 0 aliphatic heterocycles. The van der Waals surface area contributed by atoms with E-state index in [1.165, 1.54) is 31.2 Å². The number of benzene rings is 8. The molecule has 93 heavy (non-hydrogen) atoms. The van der Waals surface area contributed by atoms with Crippen LogP contribution < -0.4 is 15.2 Å². The topological polar surface area (TPSA) is 137 Å². The van der Waals surface area contributed by atoms with Crippen molar-refractivity contribution in [2.24, 2.45) is 5.73 Å². The monoisotopic (exact) mass is 1320 g/mol. The normalized spacial score (nSPS) is 13.0. The largest absolute Gasteiger partial charge is 0.461 e. The van der Waals surface area contributed by atoms with E-state index in [9.17, 15) is 98.2 Å². The number of ether oxygens (including phenoxy) is 2. The van der Waals surface area contributed by atoms with Gasteiger partial charge in [0, 0.05) is 59.4 Å². The quantitative estimate of drug-likeness (QED) is 0.0405. The van der Waals surface area contributed by atoms with E-state index >= 15 is 4.39 Å². The number of rotatable bonds is 22. The summed E-state index contributed by atoms with van der Waals surface area (Å²) in [6.07, 6.45) is -31.1. The first kappa shape index (κ1) is 72.1. The number of halogens is 19. The van der Waals surface area contributed by atoms with Crippen LogP contribution in [0.2, 0.25) is 0 Å². The third-order valence-electron chi connectivity index (χ3n) is 14.1. The van der Waals surface area contributed by atoms with Crippen molar-refractivity contribution in [3.63, 3.8) is 0 Å². The minimum Gasteiger partial charge on any atom is -0.428 e. The van der Waals surface area contributed by atoms with Gasteiger partial charge in [-0.3, -0.25) is 19.2 Å². The Morgan fingerprint density at radius 1 is 0.452 bits per heavy atom. The molecule has 0 spiro atoms. The standard InChI is InChI=1S/C32H20F10O3.C32H22F9NO3.C2H3N/c33-23-13-22(14-24(15-23)45-32(41,42)29(36)37)30(16-18-4-2-1-3-5-18,21-9-6-19(7-10-21)28(35)44)17-27(43)20-8-11-26(34)25(12-20)31(38,39)40;33-23-13-22(14-24(15-23)45-32(40,41)29(35)36)30(16-18-4-2-1-3-5-18,21-9-6-19(7-10-21)28(42)44)17-27(43)20-8-11-26(34)25(12-20)31(37,38)39;1-2-3/h1-15,29H,16-17H2;1-15,29H,16-17H2,(H2,42,44);1H3/t2*30-;/m11./s1. The van der Waals surface area contributed by atoms with Crippen molar-refractivity contribution in [1.29, 1.82) is 5.26 Å². The van der Waals surface area contributed by atoms with Gasteiger partial charge in [0.15, 0.2) is 11.6 Å². The second-order valence-electron chi connectivity index (χ2n) is 20.4. The Morgan fingerprint density at radius 2 is 0.774 bits per heavy atom. The number of primary amides is 1. The van der Waals surface area contributed by atoms with Gasteiger partial charge in [0.1, 0.15) is 34.8 Å². The number of ketones is 2. The fourth-order valence-corrected chi connectivity index (χ4v) is 9.82. The zero-order valence-corrected chi connectivity index (χ0v) is 47.5. The fourth-order valence-electron chi connectivity index (χ4n) is 9.82. The van der Waals surface area contributed by atoms with Crippen molar-refractivity contribution in [3.05, 3.63) is 272 Å². The first-order valence-corrected chi connectivity index (χ1v) is 26.7. The molecule has 0 fully saturated rings. The van der Waals surface area contributed by atoms with Gasteiger partial charge < -0.3 is 15.2 Å². The number of hydrogen-bond acceptors (Lipinski definition) is 7. The molecule has 8 aromatic carbocycles. The van der Waals surface area contributed by atoms with Gasteiger partial charge in [-0.05, 0) is 131 Å². The number of amides is 1. The number of nitrogens with zero attached hydrogens (tertiary/aromatic N) is 1. The van der Waals surface area contributed by atoms with Gasteiger partial charge >= 0.3 is 43.5 Å². The van der Waals surface area contributed by atoms with Crippen LogP contribution in [-0.4, -0.2) is 48.6 Å². The van der Waals surface area contributed by atoms with Crippen LogP contribution in [0.1, 0.15) is 106 Å². The number of carbonyl (C=O) groups is 4. The lowest BCUT2D eigenvalue weighted by molar-refractivity contribution is -0.253. The van der Waals surface area contributed by atoms with Crippen LogP contribution in [0.4, 0.5) is 83.4 Å². The molecule has 488 valence electrons. The number of nitrogens with two attached hydrogens (primary N) is 1. The van der Waals surface area contributed by atoms with Crippen molar-refractivity contribution >= 4 is 23.5 Å². The Kier molecular flexibility index (Phi) is 22.9. The van der Waals surface area contributed by atoms with E-state index in [0.29, 0.717) is 41.5 Å². The third kappa shape index (κ3) is 18.2. The molecule has 8 rings (SSSR count). The first-order chi connectivity index (χ1) is 43.4. The summed E-state index contributed by atoms with van der Waals surface area (Å²) in [6, 6.07) is 32.4. The molecule has 27 heteroatoms. The van der Waals surface area contributed by atoms with Crippen LogP contribution in [0.15, 0.2) is 182 Å². The van der Waals surface area contributed by atoms with E-state index in [1.807, 2.05) is 0 Å². The zero-order chi connectivity index (χ0) is 69.0. The highest BCUT2D eigenvalue weighted by atomic mass is 19.4. The summed E-state index contributed by atoms with van der Waals surface area (Å²) in [5.41, 5.74) is -2.99. The maximum absolute atomic E-state index is 15.0. The van der Waals surface area contributed by atoms with Crippen molar-refractivity contribution in [2.75, 3.05) is 0 Å². The van der Waals surface area contributed by atoms with Crippen LogP contribution in [-0.2, 0) is 36.0 Å². The van der Waals surface area contributed by atoms with Crippen LogP contribution >= 0.6 is 0 Å². The van der Waals surface area contributed by atoms with Gasteiger partial charge in [0.05, 0.1) is 22.8 Å². The fraction of sp³-hybridized carbons (Fsp3) is 0.197. The first-order valence-electron chi connectivity index (χ1n) is 26.7. The summed E-state index contributed by atoms with van der Waals surface area (Å²) in [4.78, 5) is 50.5. The minimum atomic E-state index is -5.18. The van der Waals surface area contributed by atoms with Crippen molar-refractivity contribution in [2.45, 2.75) is 80.9 Å². The van der Waals surface area contributed by atoms with E-state index in [0.717, 1.165) is 60.7 Å². The van der Waals surface area contributed by atoms with Gasteiger partial charge in [0.25, 0.3) is 0 Å². The Bertz CT molecular complexity index is 3740. The predicted octanol–water partition coefficient (Wildman–Crippen LogP) is 17.8. The van der Waals surface area contributed by atoms with E-state index in [4.69, 9.17) is 11.0 Å². The molecular weight excluding hydrogens is 1280 g/mol. The molecule has 1 amide bonds. The summed E-state index contributed by atoms with van der Waals surface area (Å²) >= 11 is 0. The van der Waals surface area contributed by atoms with Crippen molar-refractivity contribution < 1.29 is 112 Å². The lowest BCUT2D eigenvalue weighted by Gasteiger charge is -2.36. The summed E-state index contributed by atoms with van der Waals surface area (Å²) in [5, 5.41) is 7.32. The molecule has 0 saturated carbocycles. The molecule has 8 aromatic rings. The van der Waals surface area contributed by atoms with E-state index < -0.39 is 147 Å². The maximum Gasteiger partial charge on any atom is 0.461 e. The van der Waals surface area contributed by atoms with Gasteiger partial charge in [0.2, 0.25) is 5.91 Å². The van der Waals surface area contributed by atoms with E-state index in [-0.39, 0.29) is 46.7 Å². The van der Waals surface area contributed by atoms with Gasteiger partial charge in [-0.1, -0.05) is 84.9 Å². The zero-order valence-electron chi connectivity index (χ0n) is 47.5. The molecule has 0 aliphatic rings. The summed E-state index contributed by atoms with van der Waals surface area (Å²) in [6.45, 7) is 1.43. The Balaban J connectivity index is 0.000000283. The lowest BCUT2D eigenvalue weighted by Crippen LogP contribution is -2.35. The van der Waals surface area contributed by atoms with Gasteiger partial charge in [-0.25, -0.2) is 17.6 Å². The molecule has 0 heterocycles. The summed E-state index contributed by atoms with van der Waals surface area (Å²) in [5.74, 6) is -10.8. The molecule has 2 atom stereocenters. The highest BCUT2D eigenvalue weighted by Gasteiger charge is 2.47. The SMILES string of the molecule is CC#N.NC(=O)c1ccc([C@](CC(=O)c2ccc(F)c(C(F)(F)F)c2)(Cc2ccccc2)c2cc(F)cc(OC(F)(F)C(F)F)c2)cc1.O=C(F)c1ccc([C@](CC(=O)c2ccc(F)c(C(F)(F)F)c2)(Cc2ccccc2)c2cc(F)cc(OC(F)(F)C(F)F)c2)cc1. The summed E-state index contributed by atoms with van der Waals surface area (Å²) < 4.78 is 268. The number of Topliss-reactive ketones (excluding diaryl/α,β-unsaturated/α-hetero) is 2. The highest BCUT2D eigenvalue weighted by Crippen LogP contribution is 2.46. The molecule has 0 saturated heterocycles. The van der Waals surface area contributed by atoms with Gasteiger partial charge in [-0.2, -0.15) is 71.1 Å². The van der Waals surface area contributed by atoms with Crippen LogP contribution in [0.3, 0.4) is 0 Å². The molecular formula is C66H45F19N2O6. The Hall–Kier alpha value is -10.0. The maximum atomic E-state index is 15.0. The molecule has 0 aromatic heterocycles. The Labute approximate surface area is 515 Å². The van der Waals surface area contributed by atoms with Crippen LogP contribution in [0.25, 0.3) is 0 Å². The molecule has 0 aliphatic carbocycles. The summed E-state index contributed by atoms with van der Waals surface area (Å²) in [7, 11) is 0. The smallest absolute Gasteiger partial charge is 0.428 e.